The van der Waals surface area contributed by atoms with E-state index in [9.17, 15) is 13.2 Å². The van der Waals surface area contributed by atoms with Crippen molar-refractivity contribution in [2.45, 2.75) is 38.6 Å². The first kappa shape index (κ1) is 24.8. The highest BCUT2D eigenvalue weighted by Crippen LogP contribution is 2.28. The largest absolute Gasteiger partial charge is 0.482 e. The minimum atomic E-state index is -3.80. The van der Waals surface area contributed by atoms with Gasteiger partial charge >= 0.3 is 0 Å². The molecule has 2 N–H and O–H groups in total. The van der Waals surface area contributed by atoms with Crippen LogP contribution in [0.2, 0.25) is 5.02 Å². The van der Waals surface area contributed by atoms with Crippen molar-refractivity contribution in [3.05, 3.63) is 87.9 Å². The fourth-order valence-electron chi connectivity index (χ4n) is 3.57. The fraction of sp³-hybridized carbons (Fsp3) is 0.240. The molecular weight excluding hydrogens is 460 g/mol. The lowest BCUT2D eigenvalue weighted by Gasteiger charge is -2.16. The second-order valence-electron chi connectivity index (χ2n) is 7.96. The van der Waals surface area contributed by atoms with Crippen molar-refractivity contribution < 1.29 is 17.9 Å². The third kappa shape index (κ3) is 6.35. The number of benzene rings is 3. The van der Waals surface area contributed by atoms with Crippen LogP contribution in [0.1, 0.15) is 35.2 Å². The molecule has 6 nitrogen and oxygen atoms in total. The summed E-state index contributed by atoms with van der Waals surface area (Å²) in [7, 11) is -3.80. The third-order valence-corrected chi connectivity index (χ3v) is 6.98. The summed E-state index contributed by atoms with van der Waals surface area (Å²) in [4.78, 5) is 12.4. The van der Waals surface area contributed by atoms with Gasteiger partial charge in [0, 0.05) is 11.7 Å². The van der Waals surface area contributed by atoms with Gasteiger partial charge in [0.15, 0.2) is 6.61 Å². The van der Waals surface area contributed by atoms with Crippen molar-refractivity contribution >= 4 is 33.2 Å². The molecule has 0 bridgehead atoms. The quantitative estimate of drug-likeness (QED) is 0.451. The van der Waals surface area contributed by atoms with Crippen LogP contribution < -0.4 is 14.8 Å². The molecule has 33 heavy (non-hydrogen) atoms. The van der Waals surface area contributed by atoms with Crippen LogP contribution in [0, 0.1) is 20.8 Å². The minimum Gasteiger partial charge on any atom is -0.482 e. The van der Waals surface area contributed by atoms with E-state index in [1.165, 1.54) is 18.2 Å². The molecule has 0 fully saturated rings. The standard InChI is InChI=1S/C25H27ClN2O4S/c1-16-12-17(2)25(18(3)13-16)27-24(29)15-32-23-11-10-21(14-22(23)26)33(30,31)28-19(4)20-8-6-5-7-9-20/h5-14,19,28H,15H2,1-4H3,(H,27,29)/t19-/m1/s1. The van der Waals surface area contributed by atoms with E-state index in [0.29, 0.717) is 0 Å². The maximum atomic E-state index is 12.8. The summed E-state index contributed by atoms with van der Waals surface area (Å²) < 4.78 is 33.7. The van der Waals surface area contributed by atoms with Gasteiger partial charge < -0.3 is 10.1 Å². The lowest BCUT2D eigenvalue weighted by molar-refractivity contribution is -0.118. The van der Waals surface area contributed by atoms with Gasteiger partial charge in [-0.25, -0.2) is 13.1 Å². The normalized spacial score (nSPS) is 12.3. The Bertz CT molecular complexity index is 1240. The summed E-state index contributed by atoms with van der Waals surface area (Å²) in [6.07, 6.45) is 0. The Labute approximate surface area is 200 Å². The third-order valence-electron chi connectivity index (χ3n) is 5.15. The Morgan fingerprint density at radius 2 is 1.64 bits per heavy atom. The zero-order chi connectivity index (χ0) is 24.2. The van der Waals surface area contributed by atoms with Crippen LogP contribution in [-0.2, 0) is 14.8 Å². The fourth-order valence-corrected chi connectivity index (χ4v) is 5.13. The van der Waals surface area contributed by atoms with Gasteiger partial charge in [-0.2, -0.15) is 0 Å². The van der Waals surface area contributed by atoms with Crippen molar-refractivity contribution in [3.63, 3.8) is 0 Å². The van der Waals surface area contributed by atoms with Crippen molar-refractivity contribution in [1.29, 1.82) is 0 Å². The van der Waals surface area contributed by atoms with Crippen LogP contribution in [0.5, 0.6) is 5.75 Å². The van der Waals surface area contributed by atoms with E-state index in [1.807, 2.05) is 63.2 Å². The molecule has 0 saturated carbocycles. The molecule has 3 aromatic carbocycles. The lowest BCUT2D eigenvalue weighted by Crippen LogP contribution is -2.27. The molecule has 0 aliphatic rings. The van der Waals surface area contributed by atoms with Crippen LogP contribution >= 0.6 is 11.6 Å². The van der Waals surface area contributed by atoms with E-state index in [4.69, 9.17) is 16.3 Å². The maximum absolute atomic E-state index is 12.8. The highest BCUT2D eigenvalue weighted by atomic mass is 35.5. The van der Waals surface area contributed by atoms with E-state index < -0.39 is 16.1 Å². The average molecular weight is 487 g/mol. The smallest absolute Gasteiger partial charge is 0.262 e. The first-order valence-corrected chi connectivity index (χ1v) is 12.3. The second-order valence-corrected chi connectivity index (χ2v) is 10.1. The first-order chi connectivity index (χ1) is 15.6. The highest BCUT2D eigenvalue weighted by molar-refractivity contribution is 7.89. The molecule has 0 aliphatic carbocycles. The number of amides is 1. The highest BCUT2D eigenvalue weighted by Gasteiger charge is 2.20. The van der Waals surface area contributed by atoms with Gasteiger partial charge in [0.05, 0.1) is 9.92 Å². The van der Waals surface area contributed by atoms with Crippen LogP contribution in [0.15, 0.2) is 65.6 Å². The van der Waals surface area contributed by atoms with Crippen molar-refractivity contribution in [3.8, 4) is 5.75 Å². The topological polar surface area (TPSA) is 84.5 Å². The Kier molecular flexibility index (Phi) is 7.79. The molecule has 3 rings (SSSR count). The SMILES string of the molecule is Cc1cc(C)c(NC(=O)COc2ccc(S(=O)(=O)N[C@H](C)c3ccccc3)cc2Cl)c(C)c1. The summed E-state index contributed by atoms with van der Waals surface area (Å²) in [6, 6.07) is 17.0. The van der Waals surface area contributed by atoms with Gasteiger partial charge in [-0.15, -0.1) is 0 Å². The number of halogens is 1. The predicted octanol–water partition coefficient (Wildman–Crippen LogP) is 5.32. The molecule has 0 saturated heterocycles. The number of hydrogen-bond acceptors (Lipinski definition) is 4. The molecule has 174 valence electrons. The molecule has 0 heterocycles. The summed E-state index contributed by atoms with van der Waals surface area (Å²) in [5.74, 6) is -0.115. The Morgan fingerprint density at radius 3 is 2.24 bits per heavy atom. The Balaban J connectivity index is 1.65. The van der Waals surface area contributed by atoms with Crippen LogP contribution in [0.4, 0.5) is 5.69 Å². The lowest BCUT2D eigenvalue weighted by atomic mass is 10.1. The minimum absolute atomic E-state index is 0.0120. The molecule has 0 aliphatic heterocycles. The summed E-state index contributed by atoms with van der Waals surface area (Å²) in [5.41, 5.74) is 4.64. The second kappa shape index (κ2) is 10.4. The molecule has 1 atom stereocenters. The maximum Gasteiger partial charge on any atom is 0.262 e. The van der Waals surface area contributed by atoms with Gasteiger partial charge in [0.25, 0.3) is 5.91 Å². The Hall–Kier alpha value is -2.87. The number of nitrogens with one attached hydrogen (secondary N) is 2. The van der Waals surface area contributed by atoms with E-state index in [1.54, 1.807) is 6.92 Å². The van der Waals surface area contributed by atoms with Gasteiger partial charge in [0.2, 0.25) is 10.0 Å². The Morgan fingerprint density at radius 1 is 1.00 bits per heavy atom. The van der Waals surface area contributed by atoms with Crippen molar-refractivity contribution in [1.82, 2.24) is 4.72 Å². The molecule has 1 amide bonds. The van der Waals surface area contributed by atoms with Crippen LogP contribution in [0.3, 0.4) is 0 Å². The van der Waals surface area contributed by atoms with Gasteiger partial charge in [-0.3, -0.25) is 4.79 Å². The van der Waals surface area contributed by atoms with E-state index >= 15 is 0 Å². The number of carbonyl (C=O) groups is 1. The molecule has 0 spiro atoms. The number of hydrogen-bond donors (Lipinski definition) is 2. The van der Waals surface area contributed by atoms with E-state index in [-0.39, 0.29) is 28.2 Å². The number of aryl methyl sites for hydroxylation is 3. The van der Waals surface area contributed by atoms with Gasteiger partial charge in [-0.1, -0.05) is 59.6 Å². The van der Waals surface area contributed by atoms with Crippen LogP contribution in [0.25, 0.3) is 0 Å². The molecule has 0 unspecified atom stereocenters. The summed E-state index contributed by atoms with van der Waals surface area (Å²) in [6.45, 7) is 7.36. The van der Waals surface area contributed by atoms with E-state index in [2.05, 4.69) is 10.0 Å². The number of rotatable bonds is 8. The van der Waals surface area contributed by atoms with Crippen LogP contribution in [-0.4, -0.2) is 20.9 Å². The molecular formula is C25H27ClN2O4S. The molecule has 8 heteroatoms. The van der Waals surface area contributed by atoms with Gasteiger partial charge in [-0.05, 0) is 62.6 Å². The number of ether oxygens (including phenoxy) is 1. The average Bonchev–Trinajstić information content (AvgIpc) is 2.75. The monoisotopic (exact) mass is 486 g/mol. The number of carbonyl (C=O) groups excluding carboxylic acids is 1. The van der Waals surface area contributed by atoms with Crippen molar-refractivity contribution in [2.24, 2.45) is 0 Å². The van der Waals surface area contributed by atoms with E-state index in [0.717, 1.165) is 27.9 Å². The number of anilines is 1. The molecule has 3 aromatic rings. The zero-order valence-electron chi connectivity index (χ0n) is 19.0. The van der Waals surface area contributed by atoms with Crippen molar-refractivity contribution in [2.75, 3.05) is 11.9 Å². The molecule has 0 aromatic heterocycles. The van der Waals surface area contributed by atoms with Gasteiger partial charge in [0.1, 0.15) is 5.75 Å². The molecule has 0 radical (unpaired) electrons. The summed E-state index contributed by atoms with van der Waals surface area (Å²) >= 11 is 6.25. The first-order valence-electron chi connectivity index (χ1n) is 10.4. The predicted molar refractivity (Wildman–Crippen MR) is 131 cm³/mol. The summed E-state index contributed by atoms with van der Waals surface area (Å²) in [5, 5.41) is 2.95. The zero-order valence-corrected chi connectivity index (χ0v) is 20.5. The number of sulfonamides is 1.